The predicted octanol–water partition coefficient (Wildman–Crippen LogP) is 1.93. The van der Waals surface area contributed by atoms with Crippen LogP contribution >= 0.6 is 0 Å². The molecule has 0 heterocycles. The maximum Gasteiger partial charge on any atom is 0.317 e. The van der Waals surface area contributed by atoms with Crippen LogP contribution in [-0.2, 0) is 4.79 Å². The van der Waals surface area contributed by atoms with E-state index >= 15 is 0 Å². The molecule has 2 N–H and O–H groups in total. The highest BCUT2D eigenvalue weighted by Gasteiger charge is 2.39. The molecule has 0 spiro atoms. The van der Waals surface area contributed by atoms with Gasteiger partial charge in [0.25, 0.3) is 0 Å². The van der Waals surface area contributed by atoms with E-state index in [0.717, 1.165) is 31.7 Å². The molecule has 19 heavy (non-hydrogen) atoms. The zero-order valence-corrected chi connectivity index (χ0v) is 11.8. The molecule has 2 saturated carbocycles. The van der Waals surface area contributed by atoms with Gasteiger partial charge in [-0.2, -0.15) is 0 Å². The summed E-state index contributed by atoms with van der Waals surface area (Å²) in [7, 11) is 1.81. The van der Waals surface area contributed by atoms with E-state index in [1.165, 1.54) is 6.42 Å². The summed E-state index contributed by atoms with van der Waals surface area (Å²) < 4.78 is 0. The van der Waals surface area contributed by atoms with Crippen molar-refractivity contribution in [2.24, 2.45) is 17.3 Å². The zero-order valence-electron chi connectivity index (χ0n) is 11.8. The summed E-state index contributed by atoms with van der Waals surface area (Å²) >= 11 is 0. The molecular formula is C14H24N2O3. The van der Waals surface area contributed by atoms with Crippen molar-refractivity contribution in [3.05, 3.63) is 0 Å². The highest BCUT2D eigenvalue weighted by Crippen LogP contribution is 2.43. The summed E-state index contributed by atoms with van der Waals surface area (Å²) in [5.74, 6) is 0.613. The number of urea groups is 1. The average Bonchev–Trinajstić information content (AvgIpc) is 2.96. The molecule has 2 aliphatic rings. The molecule has 0 aliphatic heterocycles. The van der Waals surface area contributed by atoms with Crippen LogP contribution < -0.4 is 5.32 Å². The van der Waals surface area contributed by atoms with E-state index in [2.05, 4.69) is 12.2 Å². The van der Waals surface area contributed by atoms with E-state index < -0.39 is 5.97 Å². The van der Waals surface area contributed by atoms with Gasteiger partial charge in [-0.1, -0.05) is 13.3 Å². The van der Waals surface area contributed by atoms with Crippen molar-refractivity contribution < 1.29 is 14.7 Å². The van der Waals surface area contributed by atoms with Gasteiger partial charge >= 0.3 is 12.0 Å². The summed E-state index contributed by atoms with van der Waals surface area (Å²) in [4.78, 5) is 24.5. The second-order valence-electron chi connectivity index (χ2n) is 6.44. The van der Waals surface area contributed by atoms with Gasteiger partial charge in [0.15, 0.2) is 0 Å². The van der Waals surface area contributed by atoms with Crippen LogP contribution in [0.5, 0.6) is 0 Å². The Morgan fingerprint density at radius 2 is 2.05 bits per heavy atom. The SMILES string of the molecule is CC1CC1CN(C)C(=O)NCC1(CC(=O)O)CCC1. The Balaban J connectivity index is 1.74. The molecule has 2 unspecified atom stereocenters. The van der Waals surface area contributed by atoms with Gasteiger partial charge in [0.2, 0.25) is 0 Å². The molecule has 2 amide bonds. The molecule has 2 rings (SSSR count). The summed E-state index contributed by atoms with van der Waals surface area (Å²) in [6.45, 7) is 3.49. The van der Waals surface area contributed by atoms with E-state index in [-0.39, 0.29) is 17.9 Å². The normalized spacial score (nSPS) is 27.3. The summed E-state index contributed by atoms with van der Waals surface area (Å²) in [6, 6.07) is -0.0734. The molecule has 2 aliphatic carbocycles. The number of amides is 2. The van der Waals surface area contributed by atoms with Gasteiger partial charge in [0, 0.05) is 20.1 Å². The lowest BCUT2D eigenvalue weighted by molar-refractivity contribution is -0.141. The van der Waals surface area contributed by atoms with Crippen LogP contribution in [0.3, 0.4) is 0 Å². The quantitative estimate of drug-likeness (QED) is 0.773. The van der Waals surface area contributed by atoms with Gasteiger partial charge in [-0.05, 0) is 36.5 Å². The van der Waals surface area contributed by atoms with E-state index in [1.54, 1.807) is 4.90 Å². The van der Waals surface area contributed by atoms with Crippen molar-refractivity contribution in [2.45, 2.75) is 39.0 Å². The first kappa shape index (κ1) is 14.2. The van der Waals surface area contributed by atoms with Crippen molar-refractivity contribution in [1.82, 2.24) is 10.2 Å². The van der Waals surface area contributed by atoms with Crippen molar-refractivity contribution >= 4 is 12.0 Å². The Labute approximate surface area is 114 Å². The fourth-order valence-corrected chi connectivity index (χ4v) is 2.90. The van der Waals surface area contributed by atoms with Crippen molar-refractivity contribution in [1.29, 1.82) is 0 Å². The lowest BCUT2D eigenvalue weighted by Gasteiger charge is -2.41. The molecule has 0 aromatic carbocycles. The largest absolute Gasteiger partial charge is 0.481 e. The summed E-state index contributed by atoms with van der Waals surface area (Å²) in [5.41, 5.74) is -0.199. The van der Waals surface area contributed by atoms with Crippen molar-refractivity contribution in [3.63, 3.8) is 0 Å². The molecule has 2 atom stereocenters. The van der Waals surface area contributed by atoms with Gasteiger partial charge in [-0.25, -0.2) is 4.79 Å². The van der Waals surface area contributed by atoms with Crippen LogP contribution in [0.1, 0.15) is 39.0 Å². The van der Waals surface area contributed by atoms with Gasteiger partial charge in [0.1, 0.15) is 0 Å². The average molecular weight is 268 g/mol. The molecule has 0 aromatic rings. The third-order valence-electron chi connectivity index (χ3n) is 4.69. The van der Waals surface area contributed by atoms with Gasteiger partial charge in [-0.15, -0.1) is 0 Å². The lowest BCUT2D eigenvalue weighted by atomic mass is 9.66. The number of nitrogens with one attached hydrogen (secondary N) is 1. The predicted molar refractivity (Wildman–Crippen MR) is 71.8 cm³/mol. The highest BCUT2D eigenvalue weighted by molar-refractivity contribution is 5.74. The van der Waals surface area contributed by atoms with Gasteiger partial charge < -0.3 is 15.3 Å². The molecule has 108 valence electrons. The smallest absolute Gasteiger partial charge is 0.317 e. The van der Waals surface area contributed by atoms with Crippen molar-refractivity contribution in [2.75, 3.05) is 20.1 Å². The Bertz CT molecular complexity index is 366. The number of nitrogens with zero attached hydrogens (tertiary/aromatic N) is 1. The Morgan fingerprint density at radius 3 is 2.47 bits per heavy atom. The molecule has 0 radical (unpaired) electrons. The number of rotatable bonds is 6. The minimum absolute atomic E-state index is 0.0734. The van der Waals surface area contributed by atoms with E-state index in [9.17, 15) is 9.59 Å². The Hall–Kier alpha value is -1.26. The number of carbonyl (C=O) groups is 2. The number of carbonyl (C=O) groups excluding carboxylic acids is 1. The van der Waals surface area contributed by atoms with Crippen LogP contribution in [0.2, 0.25) is 0 Å². The first-order valence-corrected chi connectivity index (χ1v) is 7.13. The van der Waals surface area contributed by atoms with Crippen LogP contribution in [0, 0.1) is 17.3 Å². The molecule has 5 heteroatoms. The molecule has 0 saturated heterocycles. The maximum atomic E-state index is 12.0. The fraction of sp³-hybridized carbons (Fsp3) is 0.857. The summed E-state index contributed by atoms with van der Waals surface area (Å²) in [6.07, 6.45) is 4.25. The van der Waals surface area contributed by atoms with E-state index in [4.69, 9.17) is 5.11 Å². The second kappa shape index (κ2) is 5.39. The molecular weight excluding hydrogens is 244 g/mol. The summed E-state index contributed by atoms with van der Waals surface area (Å²) in [5, 5.41) is 11.8. The van der Waals surface area contributed by atoms with E-state index in [1.807, 2.05) is 7.05 Å². The lowest BCUT2D eigenvalue weighted by Crippen LogP contribution is -2.47. The third kappa shape index (κ3) is 3.61. The van der Waals surface area contributed by atoms with Gasteiger partial charge in [-0.3, -0.25) is 4.79 Å². The first-order chi connectivity index (χ1) is 8.92. The van der Waals surface area contributed by atoms with E-state index in [0.29, 0.717) is 12.5 Å². The number of carboxylic acid groups (broad SMARTS) is 1. The number of carboxylic acids is 1. The molecule has 2 fully saturated rings. The van der Waals surface area contributed by atoms with Crippen LogP contribution in [-0.4, -0.2) is 42.1 Å². The van der Waals surface area contributed by atoms with Crippen molar-refractivity contribution in [3.8, 4) is 0 Å². The third-order valence-corrected chi connectivity index (χ3v) is 4.69. The zero-order chi connectivity index (χ0) is 14.0. The Morgan fingerprint density at radius 1 is 1.42 bits per heavy atom. The highest BCUT2D eigenvalue weighted by atomic mass is 16.4. The minimum atomic E-state index is -0.769. The van der Waals surface area contributed by atoms with Crippen LogP contribution in [0.25, 0.3) is 0 Å². The van der Waals surface area contributed by atoms with Crippen LogP contribution in [0.15, 0.2) is 0 Å². The number of aliphatic carboxylic acids is 1. The molecule has 0 aromatic heterocycles. The number of hydrogen-bond donors (Lipinski definition) is 2. The molecule has 5 nitrogen and oxygen atoms in total. The monoisotopic (exact) mass is 268 g/mol. The fourth-order valence-electron chi connectivity index (χ4n) is 2.90. The second-order valence-corrected chi connectivity index (χ2v) is 6.44. The topological polar surface area (TPSA) is 69.6 Å². The van der Waals surface area contributed by atoms with Crippen LogP contribution in [0.4, 0.5) is 4.79 Å². The number of hydrogen-bond acceptors (Lipinski definition) is 2. The minimum Gasteiger partial charge on any atom is -0.481 e. The molecule has 0 bridgehead atoms. The Kier molecular flexibility index (Phi) is 4.02. The first-order valence-electron chi connectivity index (χ1n) is 7.13. The van der Waals surface area contributed by atoms with Gasteiger partial charge in [0.05, 0.1) is 6.42 Å². The maximum absolute atomic E-state index is 12.0. The standard InChI is InChI=1S/C14H24N2O3/c1-10-6-11(10)8-16(2)13(19)15-9-14(4-3-5-14)7-12(17)18/h10-11H,3-9H2,1-2H3,(H,15,19)(H,17,18).